The van der Waals surface area contributed by atoms with Crippen molar-refractivity contribution in [3.8, 4) is 0 Å². The number of hydrogen-bond donors (Lipinski definition) is 2. The largest absolute Gasteiger partial charge is 0.398 e. The Labute approximate surface area is 73.1 Å². The molecule has 0 saturated heterocycles. The molecule has 0 atom stereocenters. The van der Waals surface area contributed by atoms with Crippen LogP contribution in [0.15, 0.2) is 30.9 Å². The molecule has 1 aromatic carbocycles. The highest BCUT2D eigenvalue weighted by Crippen LogP contribution is 2.19. The number of anilines is 2. The van der Waals surface area contributed by atoms with Gasteiger partial charge in [0.05, 0.1) is 0 Å². The fraction of sp³-hybridized carbons (Fsp3) is 0.200. The molecule has 3 N–H and O–H groups in total. The second-order valence-electron chi connectivity index (χ2n) is 2.69. The highest BCUT2D eigenvalue weighted by molar-refractivity contribution is 5.62. The second kappa shape index (κ2) is 3.81. The average molecular weight is 162 g/mol. The second-order valence-corrected chi connectivity index (χ2v) is 2.69. The molecule has 64 valence electrons. The maximum Gasteiger partial charge on any atom is 0.0393 e. The Morgan fingerprint density at radius 3 is 3.00 bits per heavy atom. The third-order valence-electron chi connectivity index (χ3n) is 1.81. The van der Waals surface area contributed by atoms with E-state index in [4.69, 9.17) is 5.73 Å². The van der Waals surface area contributed by atoms with E-state index in [0.717, 1.165) is 23.5 Å². The van der Waals surface area contributed by atoms with Crippen molar-refractivity contribution in [2.45, 2.75) is 6.92 Å². The highest BCUT2D eigenvalue weighted by Gasteiger charge is 1.97. The van der Waals surface area contributed by atoms with Crippen molar-refractivity contribution < 1.29 is 0 Å². The third kappa shape index (κ3) is 1.78. The van der Waals surface area contributed by atoms with Crippen LogP contribution < -0.4 is 11.1 Å². The van der Waals surface area contributed by atoms with Crippen molar-refractivity contribution in [3.63, 3.8) is 0 Å². The molecule has 0 spiro atoms. The van der Waals surface area contributed by atoms with Crippen LogP contribution in [0.3, 0.4) is 0 Å². The number of benzene rings is 1. The van der Waals surface area contributed by atoms with E-state index in [1.807, 2.05) is 31.2 Å². The lowest BCUT2D eigenvalue weighted by atomic mass is 10.1. The molecule has 2 heteroatoms. The molecule has 1 aromatic rings. The first-order valence-electron chi connectivity index (χ1n) is 3.95. The summed E-state index contributed by atoms with van der Waals surface area (Å²) >= 11 is 0. The lowest BCUT2D eigenvalue weighted by Crippen LogP contribution is -2.01. The Kier molecular flexibility index (Phi) is 2.75. The van der Waals surface area contributed by atoms with Gasteiger partial charge in [-0.2, -0.15) is 0 Å². The van der Waals surface area contributed by atoms with Crippen LogP contribution in [-0.2, 0) is 0 Å². The molecule has 0 aliphatic rings. The monoisotopic (exact) mass is 162 g/mol. The van der Waals surface area contributed by atoms with E-state index in [9.17, 15) is 0 Å². The van der Waals surface area contributed by atoms with Crippen molar-refractivity contribution in [1.82, 2.24) is 0 Å². The summed E-state index contributed by atoms with van der Waals surface area (Å²) in [4.78, 5) is 0. The summed E-state index contributed by atoms with van der Waals surface area (Å²) in [7, 11) is 0. The topological polar surface area (TPSA) is 38.0 Å². The minimum atomic E-state index is 0.768. The van der Waals surface area contributed by atoms with E-state index < -0.39 is 0 Å². The molecular weight excluding hydrogens is 148 g/mol. The fourth-order valence-electron chi connectivity index (χ4n) is 1.03. The van der Waals surface area contributed by atoms with Crippen LogP contribution >= 0.6 is 0 Å². The predicted octanol–water partition coefficient (Wildman–Crippen LogP) is 2.18. The number of nitrogens with two attached hydrogens (primary N) is 1. The van der Waals surface area contributed by atoms with Gasteiger partial charge in [0.15, 0.2) is 0 Å². The molecule has 0 fully saturated rings. The molecule has 2 nitrogen and oxygen atoms in total. The predicted molar refractivity (Wildman–Crippen MR) is 54.3 cm³/mol. The zero-order valence-corrected chi connectivity index (χ0v) is 7.30. The standard InChI is InChI=1S/C10H14N2/c1-3-7-12-10-6-4-5-9(11)8(10)2/h3-6,12H,1,7,11H2,2H3. The first-order chi connectivity index (χ1) is 5.75. The van der Waals surface area contributed by atoms with Crippen molar-refractivity contribution in [2.24, 2.45) is 0 Å². The minimum Gasteiger partial charge on any atom is -0.398 e. The minimum absolute atomic E-state index is 0.768. The Bertz CT molecular complexity index is 279. The van der Waals surface area contributed by atoms with Crippen molar-refractivity contribution >= 4 is 11.4 Å². The lowest BCUT2D eigenvalue weighted by Gasteiger charge is -2.08. The van der Waals surface area contributed by atoms with Crippen LogP contribution in [0.25, 0.3) is 0 Å². The Morgan fingerprint density at radius 1 is 1.58 bits per heavy atom. The van der Waals surface area contributed by atoms with E-state index in [-0.39, 0.29) is 0 Å². The molecule has 0 radical (unpaired) electrons. The molecule has 1 rings (SSSR count). The van der Waals surface area contributed by atoms with Crippen molar-refractivity contribution in [3.05, 3.63) is 36.4 Å². The van der Waals surface area contributed by atoms with E-state index in [1.165, 1.54) is 0 Å². The fourth-order valence-corrected chi connectivity index (χ4v) is 1.03. The van der Waals surface area contributed by atoms with Gasteiger partial charge in [-0.25, -0.2) is 0 Å². The van der Waals surface area contributed by atoms with Crippen molar-refractivity contribution in [2.75, 3.05) is 17.6 Å². The first kappa shape index (κ1) is 8.65. The van der Waals surface area contributed by atoms with Gasteiger partial charge in [0, 0.05) is 17.9 Å². The summed E-state index contributed by atoms with van der Waals surface area (Å²) in [5, 5.41) is 3.21. The van der Waals surface area contributed by atoms with Crippen LogP contribution in [0.4, 0.5) is 11.4 Å². The quantitative estimate of drug-likeness (QED) is 0.528. The molecule has 0 saturated carbocycles. The van der Waals surface area contributed by atoms with Gasteiger partial charge >= 0.3 is 0 Å². The zero-order chi connectivity index (χ0) is 8.97. The van der Waals surface area contributed by atoms with Gasteiger partial charge in [0.2, 0.25) is 0 Å². The van der Waals surface area contributed by atoms with Crippen LogP contribution in [0.1, 0.15) is 5.56 Å². The summed E-state index contributed by atoms with van der Waals surface area (Å²) in [6.45, 7) is 6.40. The molecular formula is C10H14N2. The van der Waals surface area contributed by atoms with E-state index >= 15 is 0 Å². The maximum atomic E-state index is 5.73. The molecule has 12 heavy (non-hydrogen) atoms. The Balaban J connectivity index is 2.84. The average Bonchev–Trinajstić information content (AvgIpc) is 2.08. The van der Waals surface area contributed by atoms with Gasteiger partial charge < -0.3 is 11.1 Å². The number of nitrogens with one attached hydrogen (secondary N) is 1. The van der Waals surface area contributed by atoms with Gasteiger partial charge in [-0.3, -0.25) is 0 Å². The van der Waals surface area contributed by atoms with Crippen LogP contribution in [0.2, 0.25) is 0 Å². The van der Waals surface area contributed by atoms with E-state index in [2.05, 4.69) is 11.9 Å². The van der Waals surface area contributed by atoms with Gasteiger partial charge in [0.25, 0.3) is 0 Å². The Hall–Kier alpha value is -1.44. The molecule has 0 aromatic heterocycles. The maximum absolute atomic E-state index is 5.73. The summed E-state index contributed by atoms with van der Waals surface area (Å²) in [5.74, 6) is 0. The third-order valence-corrected chi connectivity index (χ3v) is 1.81. The molecule has 0 heterocycles. The van der Waals surface area contributed by atoms with Gasteiger partial charge in [0.1, 0.15) is 0 Å². The van der Waals surface area contributed by atoms with Gasteiger partial charge in [-0.05, 0) is 24.6 Å². The molecule has 0 unspecified atom stereocenters. The van der Waals surface area contributed by atoms with E-state index in [0.29, 0.717) is 0 Å². The summed E-state index contributed by atoms with van der Waals surface area (Å²) < 4.78 is 0. The summed E-state index contributed by atoms with van der Waals surface area (Å²) in [6.07, 6.45) is 1.82. The molecule has 0 aliphatic heterocycles. The van der Waals surface area contributed by atoms with Crippen LogP contribution in [0, 0.1) is 6.92 Å². The van der Waals surface area contributed by atoms with Crippen LogP contribution in [0.5, 0.6) is 0 Å². The van der Waals surface area contributed by atoms with Gasteiger partial charge in [-0.15, -0.1) is 6.58 Å². The molecule has 0 bridgehead atoms. The smallest absolute Gasteiger partial charge is 0.0393 e. The lowest BCUT2D eigenvalue weighted by molar-refractivity contribution is 1.31. The van der Waals surface area contributed by atoms with E-state index in [1.54, 1.807) is 0 Å². The zero-order valence-electron chi connectivity index (χ0n) is 7.30. The highest BCUT2D eigenvalue weighted by atomic mass is 14.9. The Morgan fingerprint density at radius 2 is 2.33 bits per heavy atom. The first-order valence-corrected chi connectivity index (χ1v) is 3.95. The normalized spacial score (nSPS) is 9.42. The van der Waals surface area contributed by atoms with Crippen molar-refractivity contribution in [1.29, 1.82) is 0 Å². The number of nitrogen functional groups attached to an aromatic ring is 1. The van der Waals surface area contributed by atoms with Crippen LogP contribution in [-0.4, -0.2) is 6.54 Å². The summed E-state index contributed by atoms with van der Waals surface area (Å²) in [5.41, 5.74) is 8.72. The van der Waals surface area contributed by atoms with Gasteiger partial charge in [-0.1, -0.05) is 12.1 Å². The SMILES string of the molecule is C=CCNc1cccc(N)c1C. The number of rotatable bonds is 3. The molecule has 0 amide bonds. The summed E-state index contributed by atoms with van der Waals surface area (Å²) in [6, 6.07) is 5.84. The molecule has 0 aliphatic carbocycles. The number of hydrogen-bond acceptors (Lipinski definition) is 2.